The van der Waals surface area contributed by atoms with E-state index < -0.39 is 17.5 Å². The summed E-state index contributed by atoms with van der Waals surface area (Å²) in [6, 6.07) is 9.78. The summed E-state index contributed by atoms with van der Waals surface area (Å²) in [7, 11) is 0. The summed E-state index contributed by atoms with van der Waals surface area (Å²) in [5.74, 6) is -2.88. The van der Waals surface area contributed by atoms with E-state index in [1.165, 1.54) is 4.90 Å². The van der Waals surface area contributed by atoms with Gasteiger partial charge in [0.05, 0.1) is 5.56 Å². The molecule has 0 atom stereocenters. The van der Waals surface area contributed by atoms with Crippen molar-refractivity contribution in [3.63, 3.8) is 0 Å². The minimum absolute atomic E-state index is 0.113. The monoisotopic (exact) mass is 429 g/mol. The van der Waals surface area contributed by atoms with Crippen molar-refractivity contribution in [3.05, 3.63) is 59.7 Å². The smallest absolute Gasteiger partial charge is 0.256 e. The Balaban J connectivity index is 1.56. The van der Waals surface area contributed by atoms with E-state index >= 15 is 0 Å². The van der Waals surface area contributed by atoms with Crippen molar-refractivity contribution in [2.75, 3.05) is 23.7 Å². The van der Waals surface area contributed by atoms with Crippen molar-refractivity contribution >= 4 is 29.1 Å². The largest absolute Gasteiger partial charge is 0.339 e. The second kappa shape index (κ2) is 9.68. The maximum absolute atomic E-state index is 13.9. The highest BCUT2D eigenvalue weighted by molar-refractivity contribution is 5.96. The second-order valence-corrected chi connectivity index (χ2v) is 7.90. The van der Waals surface area contributed by atoms with E-state index in [0.717, 1.165) is 12.1 Å². The van der Waals surface area contributed by atoms with Gasteiger partial charge in [-0.05, 0) is 43.2 Å². The molecule has 0 spiro atoms. The number of rotatable bonds is 5. The molecule has 8 heteroatoms. The Hall–Kier alpha value is -3.29. The maximum atomic E-state index is 13.9. The molecule has 2 N–H and O–H groups in total. The highest BCUT2D eigenvalue weighted by atomic mass is 19.1. The molecule has 31 heavy (non-hydrogen) atoms. The summed E-state index contributed by atoms with van der Waals surface area (Å²) < 4.78 is 26.9. The van der Waals surface area contributed by atoms with Gasteiger partial charge < -0.3 is 15.5 Å². The molecule has 0 aromatic heterocycles. The fourth-order valence-corrected chi connectivity index (χ4v) is 3.38. The standard InChI is InChI=1S/C23H25F2N3O3/c1-14(2)21(29)26-17-4-3-5-18(13-17)27-22(30)15-8-10-28(11-9-15)23(31)19-7-6-16(24)12-20(19)25/h3-7,12-15H,8-11H2,1-2H3,(H,26,29)(H,27,30). The molecule has 3 rings (SSSR count). The van der Waals surface area contributed by atoms with Gasteiger partial charge >= 0.3 is 0 Å². The van der Waals surface area contributed by atoms with Crippen LogP contribution in [-0.2, 0) is 9.59 Å². The molecule has 1 fully saturated rings. The number of hydrogen-bond donors (Lipinski definition) is 2. The Labute approximate surface area is 179 Å². The normalized spacial score (nSPS) is 14.4. The number of carbonyl (C=O) groups is 3. The SMILES string of the molecule is CC(C)C(=O)Nc1cccc(NC(=O)C2CCN(C(=O)c3ccc(F)cc3F)CC2)c1. The average molecular weight is 429 g/mol. The number of hydrogen-bond acceptors (Lipinski definition) is 3. The van der Waals surface area contributed by atoms with Gasteiger partial charge in [0, 0.05) is 42.4 Å². The summed E-state index contributed by atoms with van der Waals surface area (Å²) >= 11 is 0. The molecule has 1 aliphatic rings. The average Bonchev–Trinajstić information content (AvgIpc) is 2.73. The van der Waals surface area contributed by atoms with Gasteiger partial charge in [-0.25, -0.2) is 8.78 Å². The minimum Gasteiger partial charge on any atom is -0.339 e. The van der Waals surface area contributed by atoms with Gasteiger partial charge in [0.25, 0.3) is 5.91 Å². The Morgan fingerprint density at radius 3 is 2.23 bits per heavy atom. The number of halogens is 2. The van der Waals surface area contributed by atoms with Crippen LogP contribution in [-0.4, -0.2) is 35.7 Å². The highest BCUT2D eigenvalue weighted by Gasteiger charge is 2.29. The lowest BCUT2D eigenvalue weighted by molar-refractivity contribution is -0.121. The molecule has 0 saturated carbocycles. The zero-order chi connectivity index (χ0) is 22.5. The zero-order valence-corrected chi connectivity index (χ0v) is 17.5. The van der Waals surface area contributed by atoms with Crippen LogP contribution in [0.2, 0.25) is 0 Å². The van der Waals surface area contributed by atoms with Crippen molar-refractivity contribution in [2.45, 2.75) is 26.7 Å². The van der Waals surface area contributed by atoms with Gasteiger partial charge in [0.1, 0.15) is 11.6 Å². The van der Waals surface area contributed by atoms with Gasteiger partial charge in [-0.1, -0.05) is 19.9 Å². The first-order valence-corrected chi connectivity index (χ1v) is 10.2. The zero-order valence-electron chi connectivity index (χ0n) is 17.5. The van der Waals surface area contributed by atoms with Crippen LogP contribution in [0, 0.1) is 23.5 Å². The Morgan fingerprint density at radius 2 is 1.61 bits per heavy atom. The van der Waals surface area contributed by atoms with Gasteiger partial charge in [-0.2, -0.15) is 0 Å². The Kier molecular flexibility index (Phi) is 6.99. The lowest BCUT2D eigenvalue weighted by Crippen LogP contribution is -2.41. The van der Waals surface area contributed by atoms with Crippen LogP contribution in [0.4, 0.5) is 20.2 Å². The number of amides is 3. The fourth-order valence-electron chi connectivity index (χ4n) is 3.38. The van der Waals surface area contributed by atoms with Crippen molar-refractivity contribution in [1.29, 1.82) is 0 Å². The van der Waals surface area contributed by atoms with Crippen LogP contribution in [0.25, 0.3) is 0 Å². The summed E-state index contributed by atoms with van der Waals surface area (Å²) in [4.78, 5) is 38.5. The van der Waals surface area contributed by atoms with Crippen molar-refractivity contribution < 1.29 is 23.2 Å². The van der Waals surface area contributed by atoms with Gasteiger partial charge in [0.15, 0.2) is 0 Å². The molecule has 2 aromatic carbocycles. The lowest BCUT2D eigenvalue weighted by atomic mass is 9.95. The molecular weight excluding hydrogens is 404 g/mol. The number of nitrogens with zero attached hydrogens (tertiary/aromatic N) is 1. The van der Waals surface area contributed by atoms with E-state index in [1.807, 2.05) is 0 Å². The summed E-state index contributed by atoms with van der Waals surface area (Å²) in [5.41, 5.74) is 0.987. The number of carbonyl (C=O) groups excluding carboxylic acids is 3. The van der Waals surface area contributed by atoms with Crippen LogP contribution in [0.15, 0.2) is 42.5 Å². The van der Waals surface area contributed by atoms with Crippen LogP contribution in [0.5, 0.6) is 0 Å². The molecule has 6 nitrogen and oxygen atoms in total. The number of piperidine rings is 1. The van der Waals surface area contributed by atoms with E-state index in [-0.39, 0.29) is 29.2 Å². The molecule has 1 aliphatic heterocycles. The van der Waals surface area contributed by atoms with Gasteiger partial charge in [-0.3, -0.25) is 14.4 Å². The molecule has 0 radical (unpaired) electrons. The number of likely N-dealkylation sites (tertiary alicyclic amines) is 1. The topological polar surface area (TPSA) is 78.5 Å². The quantitative estimate of drug-likeness (QED) is 0.753. The summed E-state index contributed by atoms with van der Waals surface area (Å²) in [6.45, 7) is 4.20. The molecule has 1 saturated heterocycles. The fraction of sp³-hybridized carbons (Fsp3) is 0.348. The second-order valence-electron chi connectivity index (χ2n) is 7.90. The summed E-state index contributed by atoms with van der Waals surface area (Å²) in [6.07, 6.45) is 0.869. The number of anilines is 2. The highest BCUT2D eigenvalue weighted by Crippen LogP contribution is 2.23. The third-order valence-electron chi connectivity index (χ3n) is 5.24. The predicted octanol–water partition coefficient (Wildman–Crippen LogP) is 4.05. The van der Waals surface area contributed by atoms with Crippen LogP contribution in [0.1, 0.15) is 37.0 Å². The molecule has 0 unspecified atom stereocenters. The van der Waals surface area contributed by atoms with E-state index in [0.29, 0.717) is 43.4 Å². The van der Waals surface area contributed by atoms with Crippen LogP contribution in [0.3, 0.4) is 0 Å². The van der Waals surface area contributed by atoms with Crippen LogP contribution >= 0.6 is 0 Å². The molecule has 0 aliphatic carbocycles. The number of nitrogens with one attached hydrogen (secondary N) is 2. The minimum atomic E-state index is -0.894. The van der Waals surface area contributed by atoms with E-state index in [2.05, 4.69) is 10.6 Å². The Morgan fingerprint density at radius 1 is 0.968 bits per heavy atom. The third kappa shape index (κ3) is 5.65. The molecule has 164 valence electrons. The third-order valence-corrected chi connectivity index (χ3v) is 5.24. The summed E-state index contributed by atoms with van der Waals surface area (Å²) in [5, 5.41) is 5.64. The predicted molar refractivity (Wildman–Crippen MR) is 114 cm³/mol. The van der Waals surface area contributed by atoms with Crippen molar-refractivity contribution in [3.8, 4) is 0 Å². The molecule has 1 heterocycles. The number of benzene rings is 2. The first-order chi connectivity index (χ1) is 14.7. The molecular formula is C23H25F2N3O3. The van der Waals surface area contributed by atoms with Gasteiger partial charge in [-0.15, -0.1) is 0 Å². The van der Waals surface area contributed by atoms with E-state index in [4.69, 9.17) is 0 Å². The molecule has 0 bridgehead atoms. The van der Waals surface area contributed by atoms with Gasteiger partial charge in [0.2, 0.25) is 11.8 Å². The first kappa shape index (κ1) is 22.4. The van der Waals surface area contributed by atoms with E-state index in [1.54, 1.807) is 38.1 Å². The van der Waals surface area contributed by atoms with Crippen LogP contribution < -0.4 is 10.6 Å². The first-order valence-electron chi connectivity index (χ1n) is 10.2. The Bertz CT molecular complexity index is 986. The molecule has 2 aromatic rings. The van der Waals surface area contributed by atoms with Crippen molar-refractivity contribution in [2.24, 2.45) is 11.8 Å². The molecule has 3 amide bonds. The lowest BCUT2D eigenvalue weighted by Gasteiger charge is -2.31. The maximum Gasteiger partial charge on any atom is 0.256 e. The van der Waals surface area contributed by atoms with Crippen molar-refractivity contribution in [1.82, 2.24) is 4.90 Å². The van der Waals surface area contributed by atoms with E-state index in [9.17, 15) is 23.2 Å².